The van der Waals surface area contributed by atoms with Gasteiger partial charge in [0.15, 0.2) is 0 Å². The molecule has 17 aromatic rings. The number of H-pyrrole nitrogens is 1. The highest BCUT2D eigenvalue weighted by atomic mass is 15.2. The maximum Gasteiger partial charge on any atom is 0.252 e. The van der Waals surface area contributed by atoms with Crippen LogP contribution in [0, 0.1) is 0 Å². The molecule has 412 valence electrons. The molecule has 19 rings (SSSR count). The fraction of sp³-hybridized carbons (Fsp3) is 0. The minimum absolute atomic E-state index is 0.0216. The third kappa shape index (κ3) is 7.43. The Morgan fingerprint density at radius 1 is 0.326 bits per heavy atom. The highest BCUT2D eigenvalue weighted by Crippen LogP contribution is 2.50. The van der Waals surface area contributed by atoms with Crippen molar-refractivity contribution >= 4 is 106 Å². The minimum Gasteiger partial charge on any atom is -0.354 e. The molecule has 89 heavy (non-hydrogen) atoms. The Kier molecular flexibility index (Phi) is 7.66. The molecule has 0 radical (unpaired) electrons. The van der Waals surface area contributed by atoms with E-state index in [0.717, 1.165) is 66.3 Å². The molecule has 0 amide bonds. The molecule has 2 aliphatic rings. The van der Waals surface area contributed by atoms with Crippen molar-refractivity contribution in [2.24, 2.45) is 0 Å². The summed E-state index contributed by atoms with van der Waals surface area (Å²) in [6.07, 6.45) is 0. The second kappa shape index (κ2) is 19.4. The Bertz CT molecular complexity index is 6740. The molecule has 4 nitrogen and oxygen atoms in total. The van der Waals surface area contributed by atoms with Gasteiger partial charge >= 0.3 is 0 Å². The maximum atomic E-state index is 9.62. The smallest absolute Gasteiger partial charge is 0.252 e. The Morgan fingerprint density at radius 3 is 1.61 bits per heavy atom. The number of rotatable bonds is 8. The van der Waals surface area contributed by atoms with Crippen LogP contribution in [0.4, 0.5) is 17.1 Å². The van der Waals surface area contributed by atoms with Crippen molar-refractivity contribution in [2.45, 2.75) is 0 Å². The van der Waals surface area contributed by atoms with Crippen molar-refractivity contribution in [3.8, 4) is 78.1 Å². The Hall–Kier alpha value is -11.7. The maximum absolute atomic E-state index is 9.62. The van der Waals surface area contributed by atoms with Gasteiger partial charge in [0.1, 0.15) is 0 Å². The Morgan fingerprint density at radius 2 is 0.899 bits per heavy atom. The Balaban J connectivity index is 0.985. The summed E-state index contributed by atoms with van der Waals surface area (Å²) < 4.78 is 169. The largest absolute Gasteiger partial charge is 0.354 e. The van der Waals surface area contributed by atoms with E-state index in [1.165, 1.54) is 4.57 Å². The normalized spacial score (nSPS) is 15.3. The first-order valence-electron chi connectivity index (χ1n) is 38.4. The van der Waals surface area contributed by atoms with Gasteiger partial charge in [-0.1, -0.05) is 254 Å². The summed E-state index contributed by atoms with van der Waals surface area (Å²) in [6.45, 7) is -0.815. The molecule has 5 heteroatoms. The molecular formula is C84H53BN4. The van der Waals surface area contributed by atoms with Gasteiger partial charge in [-0.15, -0.1) is 0 Å². The van der Waals surface area contributed by atoms with E-state index in [-0.39, 0.29) is 44.2 Å². The number of nitrogens with one attached hydrogen (secondary N) is 1. The van der Waals surface area contributed by atoms with Gasteiger partial charge in [-0.25, -0.2) is 0 Å². The number of aromatic nitrogens is 3. The molecule has 0 atom stereocenters. The second-order valence-corrected chi connectivity index (χ2v) is 22.6. The van der Waals surface area contributed by atoms with Crippen LogP contribution < -0.4 is 21.3 Å². The van der Waals surface area contributed by atoms with Gasteiger partial charge in [0.05, 0.1) is 57.9 Å². The van der Waals surface area contributed by atoms with Crippen molar-refractivity contribution in [1.82, 2.24) is 14.1 Å². The molecule has 0 unspecified atom stereocenters. The first-order valence-corrected chi connectivity index (χ1v) is 29.4. The summed E-state index contributed by atoms with van der Waals surface area (Å²) in [7, 11) is 0. The quantitative estimate of drug-likeness (QED) is 0.151. The van der Waals surface area contributed by atoms with E-state index in [1.54, 1.807) is 24.3 Å². The second-order valence-electron chi connectivity index (χ2n) is 22.6. The van der Waals surface area contributed by atoms with Gasteiger partial charge in [-0.2, -0.15) is 0 Å². The first-order chi connectivity index (χ1) is 51.6. The molecule has 2 aliphatic heterocycles. The van der Waals surface area contributed by atoms with Crippen LogP contribution in [0.3, 0.4) is 0 Å². The number of benzene rings is 14. The fourth-order valence-corrected chi connectivity index (χ4v) is 14.4. The number of hydrogen-bond acceptors (Lipinski definition) is 1. The molecule has 3 aromatic heterocycles. The van der Waals surface area contributed by atoms with Crippen LogP contribution in [0.1, 0.15) is 24.7 Å². The van der Waals surface area contributed by atoms with Gasteiger partial charge in [0.2, 0.25) is 0 Å². The lowest BCUT2D eigenvalue weighted by atomic mass is 9.33. The van der Waals surface area contributed by atoms with Gasteiger partial charge in [0.25, 0.3) is 6.71 Å². The fourth-order valence-electron chi connectivity index (χ4n) is 14.4. The molecule has 0 spiro atoms. The van der Waals surface area contributed by atoms with Gasteiger partial charge in [0, 0.05) is 66.1 Å². The lowest BCUT2D eigenvalue weighted by Gasteiger charge is -2.41. The predicted octanol–water partition coefficient (Wildman–Crippen LogP) is 20.1. The van der Waals surface area contributed by atoms with Crippen LogP contribution in [0.5, 0.6) is 0 Å². The third-order valence-corrected chi connectivity index (χ3v) is 18.1. The molecule has 0 saturated heterocycles. The van der Waals surface area contributed by atoms with E-state index in [1.807, 2.05) is 109 Å². The van der Waals surface area contributed by atoms with E-state index >= 15 is 0 Å². The van der Waals surface area contributed by atoms with Crippen molar-refractivity contribution in [1.29, 1.82) is 0 Å². The summed E-state index contributed by atoms with van der Waals surface area (Å²) in [4.78, 5) is 6.20. The molecule has 0 aliphatic carbocycles. The monoisotopic (exact) mass is 1150 g/mol. The summed E-state index contributed by atoms with van der Waals surface area (Å²) in [5.41, 5.74) is 15.9. The number of anilines is 3. The molecule has 0 fully saturated rings. The summed E-state index contributed by atoms with van der Waals surface area (Å²) in [5, 5.41) is 2.44. The summed E-state index contributed by atoms with van der Waals surface area (Å²) >= 11 is 0. The topological polar surface area (TPSA) is 28.9 Å². The van der Waals surface area contributed by atoms with E-state index in [9.17, 15) is 11.0 Å². The van der Waals surface area contributed by atoms with E-state index in [4.69, 9.17) is 13.7 Å². The SMILES string of the molecule is [2H]c1c([2H])c([2H])c(-c2ccc3c(c2)N(c2ccc(-c4ccccc4)cc2)c2c4c(cc5[nH]c6c(-c7ccccc7-c7ccccc7-c7ccccc7)cccc6c25)-n2c5ccc(-n6c7c([2H])c([2H])c([2H])c([2H])c7c7c([2H])c([2H])c([2H])c([2H])c76)cc5c5cc(-c6c([2H])c([2H])c([2H])c([2H])c6[2H])cc(c52)B34)c([2H])c1[2H]. The van der Waals surface area contributed by atoms with Crippen molar-refractivity contribution in [2.75, 3.05) is 4.90 Å². The lowest BCUT2D eigenvalue weighted by molar-refractivity contribution is 1.17. The van der Waals surface area contributed by atoms with Gasteiger partial charge < -0.3 is 19.0 Å². The zero-order chi connectivity index (χ0) is 73.9. The minimum atomic E-state index is -0.815. The molecule has 5 heterocycles. The van der Waals surface area contributed by atoms with Gasteiger partial charge in [-0.05, 0) is 138 Å². The van der Waals surface area contributed by atoms with Crippen LogP contribution >= 0.6 is 0 Å². The molecule has 1 N–H and O–H groups in total. The van der Waals surface area contributed by atoms with E-state index in [2.05, 4.69) is 87.2 Å². The van der Waals surface area contributed by atoms with Crippen molar-refractivity contribution in [3.63, 3.8) is 0 Å². The first kappa shape index (κ1) is 35.1. The van der Waals surface area contributed by atoms with Crippen molar-refractivity contribution in [3.05, 3.63) is 315 Å². The van der Waals surface area contributed by atoms with E-state index in [0.29, 0.717) is 66.6 Å². The summed E-state index contributed by atoms with van der Waals surface area (Å²) in [6, 6.07) is 58.9. The molecule has 14 aromatic carbocycles. The molecule has 0 saturated carbocycles. The van der Waals surface area contributed by atoms with Crippen LogP contribution in [-0.4, -0.2) is 20.8 Å². The standard InChI is InChI=1S/C84H53BN4/c1-5-22-53(23-6-1)56-40-43-60(44-41-56)88-78-50-58(54-24-7-2-8-25-54)42-46-72(78)85-73-49-59(55-26-9-3-10-27-55)48-71-70-51-61(87-75-38-19-17-34-66(75)67-35-18-20-39-76(67)87)45-47-77(70)89(83(71)73)79-52-74-80(84(88)81(79)85)69-37-21-36-68(82(69)86-74)65-33-16-15-32-64(65)63-31-14-13-30-62(63)57-28-11-4-12-29-57/h1-52,86H/i2D,3D,7D,8D,9D,10D,17D,18D,19D,20D,24D,25D,26D,27D,34D,35D,38D,39D. The molecular weight excluding hydrogens is 1080 g/mol. The highest BCUT2D eigenvalue weighted by Gasteiger charge is 2.44. The van der Waals surface area contributed by atoms with E-state index < -0.39 is 115 Å². The Labute approximate surface area is 540 Å². The van der Waals surface area contributed by atoms with Crippen LogP contribution in [0.2, 0.25) is 0 Å². The average molecular weight is 1150 g/mol. The number of fused-ring (bicyclic) bond motifs is 14. The number of aromatic amines is 1. The predicted molar refractivity (Wildman–Crippen MR) is 376 cm³/mol. The van der Waals surface area contributed by atoms with Crippen LogP contribution in [0.25, 0.3) is 144 Å². The third-order valence-electron chi connectivity index (χ3n) is 18.1. The number of nitrogens with zero attached hydrogens (tertiary/aromatic N) is 3. The number of hydrogen-bond donors (Lipinski definition) is 1. The molecule has 0 bridgehead atoms. The summed E-state index contributed by atoms with van der Waals surface area (Å²) in [5.74, 6) is 0. The van der Waals surface area contributed by atoms with Crippen LogP contribution in [0.15, 0.2) is 315 Å². The average Bonchev–Trinajstić information content (AvgIpc) is 1.60. The zero-order valence-electron chi connectivity index (χ0n) is 65.0. The number of para-hydroxylation sites is 3. The van der Waals surface area contributed by atoms with Crippen LogP contribution in [-0.2, 0) is 0 Å². The highest BCUT2D eigenvalue weighted by molar-refractivity contribution is 7.00. The lowest BCUT2D eigenvalue weighted by Crippen LogP contribution is -2.60. The zero-order valence-corrected chi connectivity index (χ0v) is 47.0. The van der Waals surface area contributed by atoms with Gasteiger partial charge in [-0.3, -0.25) is 0 Å². The van der Waals surface area contributed by atoms with Crippen molar-refractivity contribution < 1.29 is 24.7 Å².